The monoisotopic (exact) mass is 358 g/mol. The van der Waals surface area contributed by atoms with E-state index in [1.54, 1.807) is 24.3 Å². The fraction of sp³-hybridized carbons (Fsp3) is 0.176. The summed E-state index contributed by atoms with van der Waals surface area (Å²) in [5.74, 6) is 0.500. The lowest BCUT2D eigenvalue weighted by Crippen LogP contribution is -2.25. The highest BCUT2D eigenvalue weighted by Crippen LogP contribution is 2.30. The van der Waals surface area contributed by atoms with Crippen molar-refractivity contribution in [1.29, 1.82) is 0 Å². The van der Waals surface area contributed by atoms with E-state index in [0.717, 1.165) is 0 Å². The van der Waals surface area contributed by atoms with Crippen molar-refractivity contribution in [2.24, 2.45) is 0 Å². The fourth-order valence-electron chi connectivity index (χ4n) is 2.62. The molecule has 8 heteroatoms. The van der Waals surface area contributed by atoms with Gasteiger partial charge in [0.1, 0.15) is 5.82 Å². The highest BCUT2D eigenvalue weighted by atomic mass is 35.5. The van der Waals surface area contributed by atoms with E-state index in [9.17, 15) is 14.9 Å². The quantitative estimate of drug-likeness (QED) is 0.556. The van der Waals surface area contributed by atoms with Crippen LogP contribution in [0.1, 0.15) is 12.7 Å². The van der Waals surface area contributed by atoms with E-state index in [1.807, 2.05) is 17.9 Å². The number of fused-ring (bicyclic) bond motifs is 1. The molecule has 0 aliphatic rings. The fourth-order valence-corrected chi connectivity index (χ4v) is 2.92. The number of halogens is 1. The van der Waals surface area contributed by atoms with Crippen molar-refractivity contribution < 1.29 is 4.92 Å². The second kappa shape index (κ2) is 6.90. The van der Waals surface area contributed by atoms with Gasteiger partial charge in [0.15, 0.2) is 0 Å². The zero-order valence-electron chi connectivity index (χ0n) is 13.4. The molecule has 0 bridgehead atoms. The minimum Gasteiger partial charge on any atom is -0.363 e. The molecule has 0 saturated carbocycles. The molecule has 3 aromatic rings. The number of aromatic amines is 1. The number of anilines is 1. The van der Waals surface area contributed by atoms with Crippen molar-refractivity contribution in [3.8, 4) is 0 Å². The molecule has 0 radical (unpaired) electrons. The first kappa shape index (κ1) is 16.9. The normalized spacial score (nSPS) is 10.8. The minimum atomic E-state index is -0.492. The first-order valence-electron chi connectivity index (χ1n) is 7.66. The number of H-pyrrole nitrogens is 1. The van der Waals surface area contributed by atoms with E-state index in [0.29, 0.717) is 35.5 Å². The molecule has 0 aliphatic heterocycles. The van der Waals surface area contributed by atoms with Gasteiger partial charge in [0.25, 0.3) is 11.2 Å². The van der Waals surface area contributed by atoms with Crippen molar-refractivity contribution >= 4 is 33.9 Å². The average Bonchev–Trinajstić information content (AvgIpc) is 2.60. The highest BCUT2D eigenvalue weighted by Gasteiger charge is 2.15. The number of non-ortho nitro benzene ring substituents is 1. The molecule has 1 N–H and O–H groups in total. The van der Waals surface area contributed by atoms with Crippen LogP contribution < -0.4 is 10.5 Å². The molecule has 1 aromatic heterocycles. The number of nitro groups is 1. The molecule has 25 heavy (non-hydrogen) atoms. The Balaban J connectivity index is 1.95. The summed E-state index contributed by atoms with van der Waals surface area (Å²) in [5, 5.41) is 11.6. The molecular formula is C17H15ClN4O3. The van der Waals surface area contributed by atoms with Crippen LogP contribution in [0.2, 0.25) is 5.02 Å². The number of nitrogens with zero attached hydrogens (tertiary/aromatic N) is 3. The summed E-state index contributed by atoms with van der Waals surface area (Å²) in [4.78, 5) is 31.7. The van der Waals surface area contributed by atoms with Gasteiger partial charge in [0.05, 0.1) is 33.1 Å². The Hall–Kier alpha value is -2.93. The van der Waals surface area contributed by atoms with Gasteiger partial charge in [0.2, 0.25) is 0 Å². The first-order valence-corrected chi connectivity index (χ1v) is 8.04. The maximum Gasteiger partial charge on any atom is 0.271 e. The van der Waals surface area contributed by atoms with Crippen molar-refractivity contribution in [1.82, 2.24) is 9.97 Å². The maximum absolute atomic E-state index is 12.2. The number of hydrogen-bond acceptors (Lipinski definition) is 5. The Morgan fingerprint density at radius 2 is 2.04 bits per heavy atom. The number of aromatic nitrogens is 2. The van der Waals surface area contributed by atoms with Crippen LogP contribution in [-0.4, -0.2) is 21.4 Å². The zero-order chi connectivity index (χ0) is 18.0. The van der Waals surface area contributed by atoms with Crippen LogP contribution in [0.3, 0.4) is 0 Å². The Morgan fingerprint density at radius 3 is 2.72 bits per heavy atom. The van der Waals surface area contributed by atoms with Crippen LogP contribution in [0, 0.1) is 10.1 Å². The summed E-state index contributed by atoms with van der Waals surface area (Å²) >= 11 is 6.20. The summed E-state index contributed by atoms with van der Waals surface area (Å²) < 4.78 is 0. The molecule has 0 spiro atoms. The first-order chi connectivity index (χ1) is 12.0. The molecule has 0 aliphatic carbocycles. The summed E-state index contributed by atoms with van der Waals surface area (Å²) in [6.07, 6.45) is 0. The largest absolute Gasteiger partial charge is 0.363 e. The molecule has 2 aromatic carbocycles. The highest BCUT2D eigenvalue weighted by molar-refractivity contribution is 6.33. The number of rotatable bonds is 5. The molecule has 1 heterocycles. The van der Waals surface area contributed by atoms with Crippen molar-refractivity contribution in [3.63, 3.8) is 0 Å². The van der Waals surface area contributed by atoms with Crippen molar-refractivity contribution in [2.45, 2.75) is 13.5 Å². The smallest absolute Gasteiger partial charge is 0.271 e. The lowest BCUT2D eigenvalue weighted by Gasteiger charge is -2.23. The Kier molecular flexibility index (Phi) is 4.67. The van der Waals surface area contributed by atoms with E-state index in [4.69, 9.17) is 11.6 Å². The lowest BCUT2D eigenvalue weighted by molar-refractivity contribution is -0.384. The van der Waals surface area contributed by atoms with Crippen LogP contribution in [0.5, 0.6) is 0 Å². The topological polar surface area (TPSA) is 92.1 Å². The van der Waals surface area contributed by atoms with E-state index < -0.39 is 4.92 Å². The van der Waals surface area contributed by atoms with Crippen LogP contribution in [0.25, 0.3) is 10.9 Å². The van der Waals surface area contributed by atoms with Gasteiger partial charge in [0, 0.05) is 18.7 Å². The summed E-state index contributed by atoms with van der Waals surface area (Å²) in [7, 11) is 0. The van der Waals surface area contributed by atoms with E-state index in [-0.39, 0.29) is 16.3 Å². The molecule has 0 unspecified atom stereocenters. The summed E-state index contributed by atoms with van der Waals surface area (Å²) in [6.45, 7) is 2.85. The molecule has 7 nitrogen and oxygen atoms in total. The van der Waals surface area contributed by atoms with Gasteiger partial charge in [-0.1, -0.05) is 23.7 Å². The van der Waals surface area contributed by atoms with Crippen molar-refractivity contribution in [2.75, 3.05) is 11.4 Å². The molecule has 0 saturated heterocycles. The summed E-state index contributed by atoms with van der Waals surface area (Å²) in [6, 6.07) is 11.4. The van der Waals surface area contributed by atoms with Crippen LogP contribution in [0.4, 0.5) is 11.4 Å². The van der Waals surface area contributed by atoms with E-state index in [1.165, 1.54) is 12.1 Å². The maximum atomic E-state index is 12.2. The third kappa shape index (κ3) is 3.46. The SMILES string of the molecule is CCN(Cc1nc2ccccc2c(=O)[nH]1)c1ccc([N+](=O)[O-])cc1Cl. The third-order valence-corrected chi connectivity index (χ3v) is 4.17. The molecule has 0 atom stereocenters. The van der Waals surface area contributed by atoms with Crippen LogP contribution in [0.15, 0.2) is 47.3 Å². The van der Waals surface area contributed by atoms with E-state index >= 15 is 0 Å². The van der Waals surface area contributed by atoms with Gasteiger partial charge >= 0.3 is 0 Å². The zero-order valence-corrected chi connectivity index (χ0v) is 14.2. The third-order valence-electron chi connectivity index (χ3n) is 3.87. The van der Waals surface area contributed by atoms with Gasteiger partial charge in [-0.15, -0.1) is 0 Å². The molecule has 0 amide bonds. The lowest BCUT2D eigenvalue weighted by atomic mass is 10.2. The predicted molar refractivity (Wildman–Crippen MR) is 97.2 cm³/mol. The molecular weight excluding hydrogens is 344 g/mol. The molecule has 0 fully saturated rings. The predicted octanol–water partition coefficient (Wildman–Crippen LogP) is 3.51. The van der Waals surface area contributed by atoms with Gasteiger partial charge in [-0.3, -0.25) is 14.9 Å². The number of benzene rings is 2. The number of hydrogen-bond donors (Lipinski definition) is 1. The minimum absolute atomic E-state index is 0.0676. The van der Waals surface area contributed by atoms with Gasteiger partial charge in [-0.2, -0.15) is 0 Å². The molecule has 3 rings (SSSR count). The Morgan fingerprint density at radius 1 is 1.28 bits per heavy atom. The van der Waals surface area contributed by atoms with Crippen LogP contribution in [-0.2, 0) is 6.54 Å². The second-order valence-electron chi connectivity index (χ2n) is 5.44. The molecule has 128 valence electrons. The Labute approximate surface area is 148 Å². The number of nitrogens with one attached hydrogen (secondary N) is 1. The van der Waals surface area contributed by atoms with Gasteiger partial charge in [-0.25, -0.2) is 4.98 Å². The van der Waals surface area contributed by atoms with Gasteiger partial charge in [-0.05, 0) is 25.1 Å². The second-order valence-corrected chi connectivity index (χ2v) is 5.84. The average molecular weight is 359 g/mol. The van der Waals surface area contributed by atoms with Crippen LogP contribution >= 0.6 is 11.6 Å². The Bertz CT molecular complexity index is 1000. The summed E-state index contributed by atoms with van der Waals surface area (Å²) in [5.41, 5.74) is 0.992. The standard InChI is InChI=1S/C17H15ClN4O3/c1-2-21(15-8-7-11(22(24)25)9-13(15)18)10-16-19-14-6-4-3-5-12(14)17(23)20-16/h3-9H,2,10H2,1H3,(H,19,20,23). The van der Waals surface area contributed by atoms with E-state index in [2.05, 4.69) is 9.97 Å². The number of para-hydroxylation sites is 1. The van der Waals surface area contributed by atoms with Crippen molar-refractivity contribution in [3.05, 3.63) is 73.8 Å². The van der Waals surface area contributed by atoms with Gasteiger partial charge < -0.3 is 9.88 Å². The number of nitro benzene ring substituents is 1.